The Morgan fingerprint density at radius 1 is 1.16 bits per heavy atom. The van der Waals surface area contributed by atoms with Crippen molar-refractivity contribution in [2.75, 3.05) is 42.5 Å². The molecule has 1 aromatic heterocycles. The first-order chi connectivity index (χ1) is 21.4. The van der Waals surface area contributed by atoms with E-state index < -0.39 is 6.09 Å². The van der Waals surface area contributed by atoms with Crippen LogP contribution in [0, 0.1) is 0 Å². The zero-order valence-corrected chi connectivity index (χ0v) is 25.2. The molecule has 12 nitrogen and oxygen atoms in total. The molecule has 232 valence electrons. The Labute approximate surface area is 261 Å². The first-order valence-corrected chi connectivity index (χ1v) is 14.6. The Hall–Kier alpha value is -4.65. The van der Waals surface area contributed by atoms with Crippen LogP contribution in [0.5, 0.6) is 0 Å². The maximum atomic E-state index is 13.1. The standard InChI is InChI=1S/C31H37ClN8O4/c1-43-15-16-44-31(42)38-24-8-9-25-21-12-14-36-28(18-21)26(5-3-2-4-13-35-27(25)19-24)39-30(41)11-6-22-17-23(32)7-10-29(22)40(34)20-37-33/h6-12,14,17-20,26,35H,2-5,13,15-16,33-34H2,1H3,(H,38,42)(H,39,41)/b11-6+,37-20-/t26-/m0/s1. The van der Waals surface area contributed by atoms with E-state index in [0.29, 0.717) is 28.6 Å². The number of anilines is 3. The summed E-state index contributed by atoms with van der Waals surface area (Å²) < 4.78 is 10.1. The molecule has 2 bridgehead atoms. The molecule has 0 saturated carbocycles. The fourth-order valence-corrected chi connectivity index (χ4v) is 4.96. The van der Waals surface area contributed by atoms with Crippen LogP contribution in [0.3, 0.4) is 0 Å². The summed E-state index contributed by atoms with van der Waals surface area (Å²) in [5.41, 5.74) is 5.28. The molecule has 3 aromatic rings. The lowest BCUT2D eigenvalue weighted by atomic mass is 9.98. The van der Waals surface area contributed by atoms with Crippen molar-refractivity contribution in [1.29, 1.82) is 0 Å². The Kier molecular flexibility index (Phi) is 11.9. The number of fused-ring (bicyclic) bond motifs is 4. The molecule has 0 saturated heterocycles. The number of carbonyl (C=O) groups is 2. The zero-order valence-electron chi connectivity index (χ0n) is 24.5. The highest BCUT2D eigenvalue weighted by atomic mass is 35.5. The van der Waals surface area contributed by atoms with Crippen LogP contribution in [0.2, 0.25) is 5.02 Å². The molecule has 0 fully saturated rings. The highest BCUT2D eigenvalue weighted by Crippen LogP contribution is 2.33. The van der Waals surface area contributed by atoms with Gasteiger partial charge in [-0.3, -0.25) is 20.1 Å². The van der Waals surface area contributed by atoms with Crippen molar-refractivity contribution < 1.29 is 19.1 Å². The predicted octanol–water partition coefficient (Wildman–Crippen LogP) is 5.04. The molecule has 4 rings (SSSR count). The summed E-state index contributed by atoms with van der Waals surface area (Å²) in [6, 6.07) is 14.3. The van der Waals surface area contributed by atoms with Crippen molar-refractivity contribution in [2.45, 2.75) is 31.7 Å². The number of aromatic nitrogens is 1. The molecule has 0 radical (unpaired) electrons. The van der Waals surface area contributed by atoms with Crippen molar-refractivity contribution in [3.8, 4) is 11.1 Å². The SMILES string of the molecule is COCCOC(=O)Nc1ccc2c(c1)NCCCCC[C@H](NC(=O)/C=C/c1cc(Cl)ccc1N(N)/C=N\N)c1cc-2ccn1. The number of pyridine rings is 1. The van der Waals surface area contributed by atoms with Gasteiger partial charge in [0.15, 0.2) is 0 Å². The molecular weight excluding hydrogens is 584 g/mol. The van der Waals surface area contributed by atoms with Gasteiger partial charge < -0.3 is 25.9 Å². The summed E-state index contributed by atoms with van der Waals surface area (Å²) in [6.07, 6.45) is 9.02. The lowest BCUT2D eigenvalue weighted by molar-refractivity contribution is -0.117. The van der Waals surface area contributed by atoms with Crippen molar-refractivity contribution in [1.82, 2.24) is 10.3 Å². The monoisotopic (exact) mass is 620 g/mol. The molecule has 7 N–H and O–H groups in total. The van der Waals surface area contributed by atoms with Crippen LogP contribution >= 0.6 is 11.6 Å². The number of hydrogen-bond acceptors (Lipinski definition) is 9. The number of nitrogens with one attached hydrogen (secondary N) is 3. The fraction of sp³-hybridized carbons (Fsp3) is 0.290. The van der Waals surface area contributed by atoms with Crippen LogP contribution in [0.15, 0.2) is 65.9 Å². The minimum atomic E-state index is -0.551. The number of halogens is 1. The molecule has 1 aliphatic rings. The lowest BCUT2D eigenvalue weighted by Crippen LogP contribution is -2.30. The minimum absolute atomic E-state index is 0.164. The third-order valence-electron chi connectivity index (χ3n) is 6.91. The number of rotatable bonds is 9. The molecule has 2 aromatic carbocycles. The number of nitrogens with zero attached hydrogens (tertiary/aromatic N) is 3. The van der Waals surface area contributed by atoms with Gasteiger partial charge in [-0.05, 0) is 66.9 Å². The number of methoxy groups -OCH3 is 1. The average molecular weight is 621 g/mol. The third kappa shape index (κ3) is 9.17. The quantitative estimate of drug-likeness (QED) is 0.0549. The maximum Gasteiger partial charge on any atom is 0.411 e. The topological polar surface area (TPSA) is 169 Å². The number of benzene rings is 2. The van der Waals surface area contributed by atoms with Crippen LogP contribution in [0.1, 0.15) is 43.0 Å². The van der Waals surface area contributed by atoms with Gasteiger partial charge in [-0.2, -0.15) is 5.10 Å². The summed E-state index contributed by atoms with van der Waals surface area (Å²) in [7, 11) is 1.55. The number of ether oxygens (including phenoxy) is 2. The molecule has 0 spiro atoms. The molecule has 0 aliphatic carbocycles. The molecule has 13 heteroatoms. The molecule has 2 amide bonds. The third-order valence-corrected chi connectivity index (χ3v) is 7.15. The lowest BCUT2D eigenvalue weighted by Gasteiger charge is -2.21. The number of hydrazone groups is 1. The number of carbonyl (C=O) groups excluding carboxylic acids is 2. The molecule has 1 atom stereocenters. The second-order valence-electron chi connectivity index (χ2n) is 10.0. The zero-order chi connectivity index (χ0) is 31.3. The molecule has 0 unspecified atom stereocenters. The van der Waals surface area contributed by atoms with Gasteiger partial charge >= 0.3 is 6.09 Å². The van der Waals surface area contributed by atoms with Gasteiger partial charge in [0.05, 0.1) is 24.0 Å². The van der Waals surface area contributed by atoms with Gasteiger partial charge in [-0.25, -0.2) is 10.6 Å². The van der Waals surface area contributed by atoms with Gasteiger partial charge in [0.2, 0.25) is 5.91 Å². The first-order valence-electron chi connectivity index (χ1n) is 14.2. The highest BCUT2D eigenvalue weighted by molar-refractivity contribution is 6.30. The molecular formula is C31H37ClN8O4. The van der Waals surface area contributed by atoms with Crippen molar-refractivity contribution in [3.63, 3.8) is 0 Å². The summed E-state index contributed by atoms with van der Waals surface area (Å²) >= 11 is 6.19. The van der Waals surface area contributed by atoms with Crippen molar-refractivity contribution >= 4 is 53.1 Å². The van der Waals surface area contributed by atoms with Crippen LogP contribution in [-0.2, 0) is 14.3 Å². The van der Waals surface area contributed by atoms with E-state index >= 15 is 0 Å². The smallest absolute Gasteiger partial charge is 0.411 e. The van der Waals surface area contributed by atoms with Crippen molar-refractivity contribution in [3.05, 3.63) is 77.1 Å². The fourth-order valence-electron chi connectivity index (χ4n) is 4.78. The Morgan fingerprint density at radius 3 is 2.84 bits per heavy atom. The molecule has 1 aliphatic heterocycles. The number of amides is 2. The summed E-state index contributed by atoms with van der Waals surface area (Å²) in [6.45, 7) is 1.24. The summed E-state index contributed by atoms with van der Waals surface area (Å²) in [5, 5.41) is 14.6. The van der Waals surface area contributed by atoms with Gasteiger partial charge in [0, 0.05) is 53.5 Å². The molecule has 2 heterocycles. The summed E-state index contributed by atoms with van der Waals surface area (Å²) in [5.74, 6) is 11.0. The van der Waals surface area contributed by atoms with Gasteiger partial charge in [0.1, 0.15) is 12.9 Å². The van der Waals surface area contributed by atoms with Crippen LogP contribution in [-0.4, -0.2) is 50.2 Å². The van der Waals surface area contributed by atoms with E-state index in [-0.39, 0.29) is 18.6 Å². The Balaban J connectivity index is 1.55. The highest BCUT2D eigenvalue weighted by Gasteiger charge is 2.18. The van der Waals surface area contributed by atoms with E-state index in [1.54, 1.807) is 37.6 Å². The maximum absolute atomic E-state index is 13.1. The van der Waals surface area contributed by atoms with E-state index in [0.717, 1.165) is 54.7 Å². The summed E-state index contributed by atoms with van der Waals surface area (Å²) in [4.78, 5) is 29.9. The largest absolute Gasteiger partial charge is 0.447 e. The second kappa shape index (κ2) is 16.3. The van der Waals surface area contributed by atoms with E-state index in [4.69, 9.17) is 32.8 Å². The van der Waals surface area contributed by atoms with Crippen LogP contribution < -0.4 is 32.6 Å². The van der Waals surface area contributed by atoms with E-state index in [1.807, 2.05) is 30.3 Å². The van der Waals surface area contributed by atoms with Gasteiger partial charge in [0.25, 0.3) is 0 Å². The minimum Gasteiger partial charge on any atom is -0.447 e. The van der Waals surface area contributed by atoms with Crippen LogP contribution in [0.25, 0.3) is 17.2 Å². The number of nitrogens with two attached hydrogens (primary N) is 2. The Bertz CT molecular complexity index is 1500. The van der Waals surface area contributed by atoms with Gasteiger partial charge in [-0.15, -0.1) is 0 Å². The van der Waals surface area contributed by atoms with Crippen molar-refractivity contribution in [2.24, 2.45) is 16.8 Å². The second-order valence-corrected chi connectivity index (χ2v) is 10.5. The Morgan fingerprint density at radius 2 is 2.02 bits per heavy atom. The number of hydrogen-bond donors (Lipinski definition) is 5. The van der Waals surface area contributed by atoms with E-state index in [9.17, 15) is 9.59 Å². The van der Waals surface area contributed by atoms with Gasteiger partial charge in [-0.1, -0.05) is 30.5 Å². The molecule has 44 heavy (non-hydrogen) atoms. The normalized spacial score (nSPS) is 15.0. The average Bonchev–Trinajstić information content (AvgIpc) is 3.01. The predicted molar refractivity (Wildman–Crippen MR) is 174 cm³/mol. The number of hydrazine groups is 1. The van der Waals surface area contributed by atoms with E-state index in [1.165, 1.54) is 17.4 Å². The van der Waals surface area contributed by atoms with E-state index in [2.05, 4.69) is 26.0 Å². The first kappa shape index (κ1) is 32.3. The van der Waals surface area contributed by atoms with Crippen LogP contribution in [0.4, 0.5) is 21.9 Å².